The van der Waals surface area contributed by atoms with Crippen LogP contribution in [0.25, 0.3) is 0 Å². The van der Waals surface area contributed by atoms with E-state index in [4.69, 9.17) is 0 Å². The molecule has 0 aliphatic heterocycles. The van der Waals surface area contributed by atoms with Gasteiger partial charge in [0.15, 0.2) is 0 Å². The molecule has 1 rings (SSSR count). The van der Waals surface area contributed by atoms with Crippen LogP contribution in [0.2, 0.25) is 0 Å². The van der Waals surface area contributed by atoms with Crippen molar-refractivity contribution in [1.29, 1.82) is 5.26 Å². The highest BCUT2D eigenvalue weighted by Gasteiger charge is 2.49. The van der Waals surface area contributed by atoms with Gasteiger partial charge in [-0.3, -0.25) is 4.90 Å². The molecule has 0 N–H and O–H groups in total. The molecule has 1 aliphatic carbocycles. The average molecular weight is 248 g/mol. The SMILES string of the molecule is CCN(CC)C1(C#N)CCCC(C(F)(F)F)C1. The first-order valence-electron chi connectivity index (χ1n) is 6.12. The fraction of sp³-hybridized carbons (Fsp3) is 0.917. The van der Waals surface area contributed by atoms with Crippen molar-refractivity contribution in [1.82, 2.24) is 4.90 Å². The van der Waals surface area contributed by atoms with E-state index in [1.54, 1.807) is 0 Å². The van der Waals surface area contributed by atoms with Crippen molar-refractivity contribution < 1.29 is 13.2 Å². The zero-order valence-electron chi connectivity index (χ0n) is 10.3. The van der Waals surface area contributed by atoms with Crippen molar-refractivity contribution in [2.75, 3.05) is 13.1 Å². The predicted octanol–water partition coefficient (Wildman–Crippen LogP) is 3.34. The van der Waals surface area contributed by atoms with E-state index in [1.807, 2.05) is 18.7 Å². The van der Waals surface area contributed by atoms with Crippen molar-refractivity contribution in [3.63, 3.8) is 0 Å². The average Bonchev–Trinajstić information content (AvgIpc) is 2.30. The third-order valence-corrected chi connectivity index (χ3v) is 3.77. The van der Waals surface area contributed by atoms with Gasteiger partial charge in [-0.1, -0.05) is 13.8 Å². The van der Waals surface area contributed by atoms with E-state index in [1.165, 1.54) is 0 Å². The summed E-state index contributed by atoms with van der Waals surface area (Å²) < 4.78 is 38.3. The van der Waals surface area contributed by atoms with Gasteiger partial charge < -0.3 is 0 Å². The summed E-state index contributed by atoms with van der Waals surface area (Å²) in [6.07, 6.45) is -3.05. The van der Waals surface area contributed by atoms with Crippen molar-refractivity contribution in [3.8, 4) is 6.07 Å². The standard InChI is InChI=1S/C12H19F3N2/c1-3-17(4-2)11(9-16)7-5-6-10(8-11)12(13,14)15/h10H,3-8H2,1-2H3. The van der Waals surface area contributed by atoms with Gasteiger partial charge in [0.25, 0.3) is 0 Å². The second kappa shape index (κ2) is 5.26. The molecule has 5 heteroatoms. The van der Waals surface area contributed by atoms with Crippen LogP contribution in [0.3, 0.4) is 0 Å². The van der Waals surface area contributed by atoms with Crippen molar-refractivity contribution >= 4 is 0 Å². The van der Waals surface area contributed by atoms with Gasteiger partial charge in [-0.15, -0.1) is 0 Å². The Labute approximate surface area is 100 Å². The Bertz CT molecular complexity index is 291. The van der Waals surface area contributed by atoms with Crippen LogP contribution in [0.15, 0.2) is 0 Å². The molecule has 1 aliphatic rings. The van der Waals surface area contributed by atoms with E-state index in [-0.39, 0.29) is 12.8 Å². The minimum absolute atomic E-state index is 0.0747. The van der Waals surface area contributed by atoms with Gasteiger partial charge in [-0.05, 0) is 38.8 Å². The van der Waals surface area contributed by atoms with Crippen LogP contribution in [0.5, 0.6) is 0 Å². The number of hydrogen-bond acceptors (Lipinski definition) is 2. The lowest BCUT2D eigenvalue weighted by Gasteiger charge is -2.43. The minimum atomic E-state index is -4.17. The molecule has 0 saturated heterocycles. The summed E-state index contributed by atoms with van der Waals surface area (Å²) in [5.74, 6) is -1.32. The number of hydrogen-bond donors (Lipinski definition) is 0. The largest absolute Gasteiger partial charge is 0.391 e. The van der Waals surface area contributed by atoms with E-state index < -0.39 is 17.6 Å². The lowest BCUT2D eigenvalue weighted by atomic mass is 9.75. The molecule has 0 bridgehead atoms. The Balaban J connectivity index is 2.90. The van der Waals surface area contributed by atoms with Crippen molar-refractivity contribution in [3.05, 3.63) is 0 Å². The van der Waals surface area contributed by atoms with Gasteiger partial charge in [0.05, 0.1) is 12.0 Å². The summed E-state index contributed by atoms with van der Waals surface area (Å²) in [5, 5.41) is 9.30. The molecule has 0 aromatic rings. The molecular weight excluding hydrogens is 229 g/mol. The van der Waals surface area contributed by atoms with Crippen molar-refractivity contribution in [2.24, 2.45) is 5.92 Å². The lowest BCUT2D eigenvalue weighted by Crippen LogP contribution is -2.52. The third kappa shape index (κ3) is 2.92. The first-order chi connectivity index (χ1) is 7.89. The summed E-state index contributed by atoms with van der Waals surface area (Å²) >= 11 is 0. The molecule has 1 fully saturated rings. The third-order valence-electron chi connectivity index (χ3n) is 3.77. The highest BCUT2D eigenvalue weighted by Crippen LogP contribution is 2.43. The summed E-state index contributed by atoms with van der Waals surface area (Å²) in [7, 11) is 0. The molecule has 98 valence electrons. The van der Waals surface area contributed by atoms with Gasteiger partial charge >= 0.3 is 6.18 Å². The first kappa shape index (κ1) is 14.3. The molecule has 1 saturated carbocycles. The number of alkyl halides is 3. The molecule has 0 amide bonds. The second-order valence-corrected chi connectivity index (χ2v) is 4.65. The first-order valence-corrected chi connectivity index (χ1v) is 6.12. The Morgan fingerprint density at radius 2 is 1.94 bits per heavy atom. The molecule has 0 aromatic heterocycles. The number of rotatable bonds is 3. The molecule has 2 unspecified atom stereocenters. The Morgan fingerprint density at radius 1 is 1.35 bits per heavy atom. The molecular formula is C12H19F3N2. The maximum atomic E-state index is 12.8. The molecule has 17 heavy (non-hydrogen) atoms. The fourth-order valence-electron chi connectivity index (χ4n) is 2.82. The van der Waals surface area contributed by atoms with Crippen LogP contribution in [-0.4, -0.2) is 29.7 Å². The molecule has 0 aromatic carbocycles. The van der Waals surface area contributed by atoms with Gasteiger partial charge in [0.1, 0.15) is 5.54 Å². The zero-order chi connectivity index (χ0) is 13.1. The summed E-state index contributed by atoms with van der Waals surface area (Å²) in [5.41, 5.74) is -0.915. The summed E-state index contributed by atoms with van der Waals surface area (Å²) in [4.78, 5) is 1.87. The summed E-state index contributed by atoms with van der Waals surface area (Å²) in [6.45, 7) is 5.02. The quantitative estimate of drug-likeness (QED) is 0.766. The van der Waals surface area contributed by atoms with Crippen LogP contribution >= 0.6 is 0 Å². The second-order valence-electron chi connectivity index (χ2n) is 4.65. The van der Waals surface area contributed by atoms with Crippen LogP contribution < -0.4 is 0 Å². The maximum absolute atomic E-state index is 12.8. The highest BCUT2D eigenvalue weighted by atomic mass is 19.4. The molecule has 0 spiro atoms. The fourth-order valence-corrected chi connectivity index (χ4v) is 2.82. The smallest absolute Gasteiger partial charge is 0.286 e. The van der Waals surface area contributed by atoms with Gasteiger partial charge in [-0.2, -0.15) is 18.4 Å². The number of nitriles is 1. The zero-order valence-corrected chi connectivity index (χ0v) is 10.3. The normalized spacial score (nSPS) is 30.3. The van der Waals surface area contributed by atoms with Gasteiger partial charge in [0.2, 0.25) is 0 Å². The van der Waals surface area contributed by atoms with Crippen LogP contribution in [0, 0.1) is 17.2 Å². The van der Waals surface area contributed by atoms with Crippen LogP contribution in [-0.2, 0) is 0 Å². The molecule has 0 radical (unpaired) electrons. The van der Waals surface area contributed by atoms with Crippen LogP contribution in [0.1, 0.15) is 39.5 Å². The predicted molar refractivity (Wildman–Crippen MR) is 59.3 cm³/mol. The Hall–Kier alpha value is -0.760. The Morgan fingerprint density at radius 3 is 2.35 bits per heavy atom. The minimum Gasteiger partial charge on any atom is -0.286 e. The number of halogens is 3. The van der Waals surface area contributed by atoms with E-state index in [2.05, 4.69) is 6.07 Å². The van der Waals surface area contributed by atoms with E-state index in [9.17, 15) is 18.4 Å². The van der Waals surface area contributed by atoms with E-state index >= 15 is 0 Å². The Kier molecular flexibility index (Phi) is 4.42. The van der Waals surface area contributed by atoms with Gasteiger partial charge in [0, 0.05) is 0 Å². The maximum Gasteiger partial charge on any atom is 0.391 e. The molecule has 0 heterocycles. The van der Waals surface area contributed by atoms with E-state index in [0.717, 1.165) is 0 Å². The molecule has 2 atom stereocenters. The van der Waals surface area contributed by atoms with Crippen molar-refractivity contribution in [2.45, 2.75) is 51.2 Å². The summed E-state index contributed by atoms with van der Waals surface area (Å²) in [6, 6.07) is 2.15. The number of nitrogens with zero attached hydrogens (tertiary/aromatic N) is 2. The molecule has 2 nitrogen and oxygen atoms in total. The monoisotopic (exact) mass is 248 g/mol. The van der Waals surface area contributed by atoms with E-state index in [0.29, 0.717) is 25.9 Å². The topological polar surface area (TPSA) is 27.0 Å². The lowest BCUT2D eigenvalue weighted by molar-refractivity contribution is -0.190. The highest BCUT2D eigenvalue weighted by molar-refractivity contribution is 5.11. The van der Waals surface area contributed by atoms with Crippen LogP contribution in [0.4, 0.5) is 13.2 Å². The van der Waals surface area contributed by atoms with Gasteiger partial charge in [-0.25, -0.2) is 0 Å².